The number of aromatic carboxylic acids is 1. The van der Waals surface area contributed by atoms with Gasteiger partial charge in [0.2, 0.25) is 0 Å². The molecule has 6 nitrogen and oxygen atoms in total. The standard InChI is InChI=1S/C13H15N3O3/c17-13(18)10-4-1-5-16-12(10)14-11(15-16)7-9-3-2-6-19-8-9/h1,4-5,9H,2-3,6-8H2,(H,17,18). The summed E-state index contributed by atoms with van der Waals surface area (Å²) in [5, 5.41) is 13.4. The highest BCUT2D eigenvalue weighted by Crippen LogP contribution is 2.18. The van der Waals surface area contributed by atoms with Crippen molar-refractivity contribution < 1.29 is 14.6 Å². The van der Waals surface area contributed by atoms with Crippen LogP contribution < -0.4 is 0 Å². The zero-order valence-electron chi connectivity index (χ0n) is 10.5. The molecule has 0 saturated carbocycles. The van der Waals surface area contributed by atoms with Gasteiger partial charge in [-0.05, 0) is 30.9 Å². The molecule has 19 heavy (non-hydrogen) atoms. The van der Waals surface area contributed by atoms with Gasteiger partial charge in [0.05, 0.1) is 0 Å². The van der Waals surface area contributed by atoms with Crippen LogP contribution >= 0.6 is 0 Å². The first kappa shape index (κ1) is 12.1. The number of fused-ring (bicyclic) bond motifs is 1. The number of carboxylic acids is 1. The van der Waals surface area contributed by atoms with Crippen molar-refractivity contribution in [3.8, 4) is 0 Å². The monoisotopic (exact) mass is 261 g/mol. The third-order valence-corrected chi connectivity index (χ3v) is 3.36. The molecule has 1 N–H and O–H groups in total. The second kappa shape index (κ2) is 4.97. The molecule has 1 aliphatic heterocycles. The van der Waals surface area contributed by atoms with E-state index in [1.165, 1.54) is 4.52 Å². The minimum Gasteiger partial charge on any atom is -0.478 e. The smallest absolute Gasteiger partial charge is 0.339 e. The van der Waals surface area contributed by atoms with Gasteiger partial charge >= 0.3 is 5.97 Å². The number of hydrogen-bond donors (Lipinski definition) is 1. The summed E-state index contributed by atoms with van der Waals surface area (Å²) in [6.45, 7) is 1.57. The fourth-order valence-corrected chi connectivity index (χ4v) is 2.43. The minimum atomic E-state index is -0.981. The summed E-state index contributed by atoms with van der Waals surface area (Å²) >= 11 is 0. The zero-order valence-corrected chi connectivity index (χ0v) is 10.5. The first-order valence-electron chi connectivity index (χ1n) is 6.39. The second-order valence-corrected chi connectivity index (χ2v) is 4.81. The van der Waals surface area contributed by atoms with E-state index in [9.17, 15) is 4.79 Å². The molecule has 2 aromatic heterocycles. The van der Waals surface area contributed by atoms with Gasteiger partial charge in [0.25, 0.3) is 0 Å². The topological polar surface area (TPSA) is 76.7 Å². The maximum Gasteiger partial charge on any atom is 0.339 e. The van der Waals surface area contributed by atoms with Crippen LogP contribution in [-0.4, -0.2) is 38.9 Å². The van der Waals surface area contributed by atoms with Gasteiger partial charge < -0.3 is 9.84 Å². The number of ether oxygens (including phenoxy) is 1. The second-order valence-electron chi connectivity index (χ2n) is 4.81. The molecular weight excluding hydrogens is 246 g/mol. The van der Waals surface area contributed by atoms with E-state index in [0.717, 1.165) is 32.5 Å². The molecule has 6 heteroatoms. The van der Waals surface area contributed by atoms with Gasteiger partial charge in [-0.2, -0.15) is 5.10 Å². The lowest BCUT2D eigenvalue weighted by molar-refractivity contribution is 0.0543. The summed E-state index contributed by atoms with van der Waals surface area (Å²) in [6, 6.07) is 3.21. The molecule has 0 spiro atoms. The third kappa shape index (κ3) is 2.44. The van der Waals surface area contributed by atoms with Crippen LogP contribution in [-0.2, 0) is 11.2 Å². The summed E-state index contributed by atoms with van der Waals surface area (Å²) in [5.74, 6) is 0.134. The minimum absolute atomic E-state index is 0.182. The molecule has 0 amide bonds. The molecule has 1 atom stereocenters. The maximum atomic E-state index is 11.1. The predicted molar refractivity (Wildman–Crippen MR) is 67.2 cm³/mol. The van der Waals surface area contributed by atoms with Gasteiger partial charge in [-0.25, -0.2) is 14.3 Å². The van der Waals surface area contributed by atoms with Crippen molar-refractivity contribution in [2.24, 2.45) is 5.92 Å². The molecule has 100 valence electrons. The Kier molecular flexibility index (Phi) is 3.16. The highest BCUT2D eigenvalue weighted by atomic mass is 16.5. The highest BCUT2D eigenvalue weighted by Gasteiger charge is 2.18. The van der Waals surface area contributed by atoms with E-state index in [1.54, 1.807) is 18.3 Å². The Hall–Kier alpha value is -1.95. The molecule has 0 aliphatic carbocycles. The summed E-state index contributed by atoms with van der Waals surface area (Å²) in [4.78, 5) is 15.5. The zero-order chi connectivity index (χ0) is 13.2. The van der Waals surface area contributed by atoms with Crippen molar-refractivity contribution in [3.63, 3.8) is 0 Å². The van der Waals surface area contributed by atoms with Gasteiger partial charge in [0.15, 0.2) is 11.5 Å². The Labute approximate surface area is 110 Å². The van der Waals surface area contributed by atoms with E-state index < -0.39 is 5.97 Å². The Morgan fingerprint density at radius 1 is 1.58 bits per heavy atom. The number of carbonyl (C=O) groups is 1. The maximum absolute atomic E-state index is 11.1. The Balaban J connectivity index is 1.88. The van der Waals surface area contributed by atoms with Crippen molar-refractivity contribution in [1.82, 2.24) is 14.6 Å². The van der Waals surface area contributed by atoms with E-state index in [0.29, 0.717) is 17.4 Å². The Bertz CT molecular complexity index is 602. The molecule has 0 aromatic carbocycles. The Morgan fingerprint density at radius 3 is 3.21 bits per heavy atom. The van der Waals surface area contributed by atoms with Crippen molar-refractivity contribution in [2.45, 2.75) is 19.3 Å². The van der Waals surface area contributed by atoms with Crippen LogP contribution in [0.5, 0.6) is 0 Å². The number of hydrogen-bond acceptors (Lipinski definition) is 4. The van der Waals surface area contributed by atoms with E-state index >= 15 is 0 Å². The number of nitrogens with zero attached hydrogens (tertiary/aromatic N) is 3. The van der Waals surface area contributed by atoms with E-state index in [-0.39, 0.29) is 5.56 Å². The van der Waals surface area contributed by atoms with E-state index in [2.05, 4.69) is 10.1 Å². The van der Waals surface area contributed by atoms with Crippen LogP contribution in [0.25, 0.3) is 5.65 Å². The van der Waals surface area contributed by atoms with E-state index in [4.69, 9.17) is 9.84 Å². The summed E-state index contributed by atoms with van der Waals surface area (Å²) < 4.78 is 6.96. The molecule has 0 radical (unpaired) electrons. The fraction of sp³-hybridized carbons (Fsp3) is 0.462. The number of aromatic nitrogens is 3. The SMILES string of the molecule is O=C(O)c1cccn2nc(CC3CCCOC3)nc12. The predicted octanol–water partition coefficient (Wildman–Crippen LogP) is 1.40. The quantitative estimate of drug-likeness (QED) is 0.903. The lowest BCUT2D eigenvalue weighted by atomic mass is 9.98. The molecule has 1 unspecified atom stereocenters. The summed E-state index contributed by atoms with van der Waals surface area (Å²) in [7, 11) is 0. The molecule has 3 rings (SSSR count). The summed E-state index contributed by atoms with van der Waals surface area (Å²) in [6.07, 6.45) is 4.64. The molecule has 2 aromatic rings. The lowest BCUT2D eigenvalue weighted by Crippen LogP contribution is -2.19. The summed E-state index contributed by atoms with van der Waals surface area (Å²) in [5.41, 5.74) is 0.586. The van der Waals surface area contributed by atoms with Crippen LogP contribution in [0.4, 0.5) is 0 Å². The van der Waals surface area contributed by atoms with Crippen molar-refractivity contribution in [3.05, 3.63) is 29.7 Å². The van der Waals surface area contributed by atoms with E-state index in [1.807, 2.05) is 0 Å². The van der Waals surface area contributed by atoms with Crippen LogP contribution in [0.3, 0.4) is 0 Å². The number of carboxylic acid groups (broad SMARTS) is 1. The third-order valence-electron chi connectivity index (χ3n) is 3.36. The van der Waals surface area contributed by atoms with Crippen LogP contribution in [0.2, 0.25) is 0 Å². The van der Waals surface area contributed by atoms with Gasteiger partial charge in [-0.1, -0.05) is 0 Å². The van der Waals surface area contributed by atoms with Crippen LogP contribution in [0.15, 0.2) is 18.3 Å². The molecule has 1 saturated heterocycles. The average Bonchev–Trinajstić information content (AvgIpc) is 2.81. The lowest BCUT2D eigenvalue weighted by Gasteiger charge is -2.20. The van der Waals surface area contributed by atoms with Crippen LogP contribution in [0, 0.1) is 5.92 Å². The molecular formula is C13H15N3O3. The van der Waals surface area contributed by atoms with Crippen molar-refractivity contribution in [1.29, 1.82) is 0 Å². The van der Waals surface area contributed by atoms with Crippen molar-refractivity contribution in [2.75, 3.05) is 13.2 Å². The molecule has 3 heterocycles. The van der Waals surface area contributed by atoms with Crippen molar-refractivity contribution >= 4 is 11.6 Å². The molecule has 0 bridgehead atoms. The Morgan fingerprint density at radius 2 is 2.47 bits per heavy atom. The number of pyridine rings is 1. The van der Waals surface area contributed by atoms with Gasteiger partial charge in [-0.15, -0.1) is 0 Å². The average molecular weight is 261 g/mol. The van der Waals surface area contributed by atoms with Crippen LogP contribution in [0.1, 0.15) is 29.0 Å². The largest absolute Gasteiger partial charge is 0.478 e. The first-order valence-corrected chi connectivity index (χ1v) is 6.39. The number of rotatable bonds is 3. The van der Waals surface area contributed by atoms with Gasteiger partial charge in [0, 0.05) is 25.8 Å². The highest BCUT2D eigenvalue weighted by molar-refractivity contribution is 5.94. The first-order chi connectivity index (χ1) is 9.24. The molecule has 1 aliphatic rings. The fourth-order valence-electron chi connectivity index (χ4n) is 2.43. The normalized spacial score (nSPS) is 19.7. The van der Waals surface area contributed by atoms with Gasteiger partial charge in [0.1, 0.15) is 5.56 Å². The van der Waals surface area contributed by atoms with Gasteiger partial charge in [-0.3, -0.25) is 0 Å². The molecule has 1 fully saturated rings.